The molecule has 0 N–H and O–H groups in total. The monoisotopic (exact) mass is 406 g/mol. The highest BCUT2D eigenvalue weighted by Gasteiger charge is 2.42. The van der Waals surface area contributed by atoms with Gasteiger partial charge in [0, 0.05) is 12.2 Å². The topological polar surface area (TPSA) is 88.1 Å². The van der Waals surface area contributed by atoms with E-state index in [1.165, 1.54) is 47.5 Å². The Morgan fingerprint density at radius 3 is 1.86 bits per heavy atom. The maximum atomic E-state index is 13.6. The van der Waals surface area contributed by atoms with Crippen molar-refractivity contribution < 1.29 is 33.1 Å². The third-order valence-electron chi connectivity index (χ3n) is 4.38. The summed E-state index contributed by atoms with van der Waals surface area (Å²) in [5.41, 5.74) is -1.56. The number of benzene rings is 2. The second-order valence-corrected chi connectivity index (χ2v) is 8.69. The minimum absolute atomic E-state index is 0.0153. The largest absolute Gasteiger partial charge is 0.497 e. The molecule has 0 bridgehead atoms. The van der Waals surface area contributed by atoms with E-state index >= 15 is 0 Å². The predicted octanol–water partition coefficient (Wildman–Crippen LogP) is 4.08. The second-order valence-electron chi connectivity index (χ2n) is 5.77. The van der Waals surface area contributed by atoms with Crippen LogP contribution in [0.5, 0.6) is 23.0 Å². The van der Waals surface area contributed by atoms with E-state index in [1.807, 2.05) is 0 Å². The molecule has 2 aromatic carbocycles. The van der Waals surface area contributed by atoms with Crippen LogP contribution in [0.15, 0.2) is 36.4 Å². The number of hydrogen-bond donors (Lipinski definition) is 0. The van der Waals surface area contributed by atoms with Crippen molar-refractivity contribution in [3.63, 3.8) is 0 Å². The lowest BCUT2D eigenvalue weighted by Crippen LogP contribution is -2.15. The Morgan fingerprint density at radius 2 is 1.39 bits per heavy atom. The lowest BCUT2D eigenvalue weighted by Gasteiger charge is -2.19. The van der Waals surface area contributed by atoms with Crippen LogP contribution in [0.4, 0.5) is 0 Å². The first kappa shape index (κ1) is 21.5. The first-order valence-electron chi connectivity index (χ1n) is 8.49. The van der Waals surface area contributed by atoms with Gasteiger partial charge in [-0.1, -0.05) is 13.0 Å². The van der Waals surface area contributed by atoms with E-state index in [-0.39, 0.29) is 34.5 Å². The van der Waals surface area contributed by atoms with Gasteiger partial charge in [0.2, 0.25) is 18.2 Å². The van der Waals surface area contributed by atoms with Gasteiger partial charge in [-0.3, -0.25) is 9.59 Å². The summed E-state index contributed by atoms with van der Waals surface area (Å²) in [6, 6.07) is 9.22. The van der Waals surface area contributed by atoms with E-state index in [2.05, 4.69) is 0 Å². The van der Waals surface area contributed by atoms with Crippen LogP contribution < -0.4 is 18.9 Å². The van der Waals surface area contributed by atoms with Gasteiger partial charge in [0.05, 0.1) is 34.0 Å². The molecule has 28 heavy (non-hydrogen) atoms. The van der Waals surface area contributed by atoms with Gasteiger partial charge in [-0.2, -0.15) is 0 Å². The molecule has 2 rings (SSSR count). The fraction of sp³-hybridized carbons (Fsp3) is 0.300. The molecule has 0 spiro atoms. The summed E-state index contributed by atoms with van der Waals surface area (Å²) in [6.45, 7) is 1.54. The third kappa shape index (κ3) is 3.76. The molecule has 1 atom stereocenters. The molecule has 8 heteroatoms. The maximum Gasteiger partial charge on any atom is 0.236 e. The van der Waals surface area contributed by atoms with Crippen molar-refractivity contribution in [1.29, 1.82) is 0 Å². The lowest BCUT2D eigenvalue weighted by atomic mass is 10.2. The van der Waals surface area contributed by atoms with Crippen LogP contribution in [0.3, 0.4) is 0 Å². The number of hydrogen-bond acceptors (Lipinski definition) is 7. The van der Waals surface area contributed by atoms with Crippen molar-refractivity contribution in [2.24, 2.45) is 0 Å². The molecule has 0 aromatic heterocycles. The van der Waals surface area contributed by atoms with Crippen molar-refractivity contribution in [2.45, 2.75) is 6.92 Å². The van der Waals surface area contributed by atoms with Crippen LogP contribution in [0.2, 0.25) is 0 Å². The molecule has 150 valence electrons. The van der Waals surface area contributed by atoms with Gasteiger partial charge >= 0.3 is 0 Å². The summed E-state index contributed by atoms with van der Waals surface area (Å²) in [6.07, 6.45) is -0.152. The van der Waals surface area contributed by atoms with Crippen molar-refractivity contribution in [2.75, 3.05) is 34.6 Å². The van der Waals surface area contributed by atoms with Gasteiger partial charge in [0.1, 0.15) is 28.6 Å². The summed E-state index contributed by atoms with van der Waals surface area (Å²) < 4.78 is 34.5. The van der Waals surface area contributed by atoms with Crippen LogP contribution in [-0.2, 0) is 4.57 Å². The molecule has 0 aliphatic heterocycles. The van der Waals surface area contributed by atoms with Crippen molar-refractivity contribution >= 4 is 18.2 Å². The molecule has 0 heterocycles. The van der Waals surface area contributed by atoms with Crippen LogP contribution >= 0.6 is 7.14 Å². The summed E-state index contributed by atoms with van der Waals surface area (Å²) in [4.78, 5) is 26.5. The van der Waals surface area contributed by atoms with E-state index < -0.39 is 18.2 Å². The quantitative estimate of drug-likeness (QED) is 0.580. The zero-order valence-corrected chi connectivity index (χ0v) is 17.4. The van der Waals surface area contributed by atoms with Crippen LogP contribution in [0.25, 0.3) is 0 Å². The molecular formula is C20H23O7P. The zero-order valence-electron chi connectivity index (χ0n) is 16.5. The highest BCUT2D eigenvalue weighted by atomic mass is 31.2. The zero-order chi connectivity index (χ0) is 20.9. The minimum atomic E-state index is -4.03. The van der Waals surface area contributed by atoms with Gasteiger partial charge in [0.15, 0.2) is 0 Å². The Labute approximate surface area is 163 Å². The molecule has 2 aromatic rings. The fourth-order valence-electron chi connectivity index (χ4n) is 2.79. The highest BCUT2D eigenvalue weighted by molar-refractivity contribution is 7.95. The van der Waals surface area contributed by atoms with Crippen LogP contribution in [0, 0.1) is 0 Å². The van der Waals surface area contributed by atoms with Crippen molar-refractivity contribution in [3.05, 3.63) is 47.5 Å². The normalized spacial score (nSPS) is 12.6. The first-order valence-corrected chi connectivity index (χ1v) is 10.4. The average Bonchev–Trinajstić information content (AvgIpc) is 2.76. The van der Waals surface area contributed by atoms with Gasteiger partial charge in [-0.05, 0) is 24.3 Å². The molecule has 0 aliphatic carbocycles. The van der Waals surface area contributed by atoms with Crippen molar-refractivity contribution in [3.8, 4) is 23.0 Å². The van der Waals surface area contributed by atoms with Gasteiger partial charge in [-0.15, -0.1) is 0 Å². The predicted molar refractivity (Wildman–Crippen MR) is 106 cm³/mol. The van der Waals surface area contributed by atoms with Gasteiger partial charge in [0.25, 0.3) is 0 Å². The number of ether oxygens (including phenoxy) is 4. The van der Waals surface area contributed by atoms with E-state index in [1.54, 1.807) is 24.3 Å². The number of carbonyl (C=O) groups excluding carboxylic acids is 2. The lowest BCUT2D eigenvalue weighted by molar-refractivity contribution is 0.103. The molecule has 0 radical (unpaired) electrons. The Hall–Kier alpha value is -2.79. The number of methoxy groups -OCH3 is 4. The van der Waals surface area contributed by atoms with E-state index in [0.717, 1.165) is 0 Å². The molecular weight excluding hydrogens is 383 g/mol. The van der Waals surface area contributed by atoms with E-state index in [9.17, 15) is 14.2 Å². The summed E-state index contributed by atoms with van der Waals surface area (Å²) in [5.74, 6) is 1.02. The highest BCUT2D eigenvalue weighted by Crippen LogP contribution is 2.55. The number of carbonyl (C=O) groups is 2. The Kier molecular flexibility index (Phi) is 6.86. The Balaban J connectivity index is 2.62. The molecule has 1 unspecified atom stereocenters. The molecule has 0 saturated heterocycles. The Bertz CT molecular complexity index is 914. The van der Waals surface area contributed by atoms with Crippen LogP contribution in [0.1, 0.15) is 27.6 Å². The van der Waals surface area contributed by atoms with Gasteiger partial charge < -0.3 is 23.5 Å². The number of rotatable bonds is 9. The molecule has 0 fully saturated rings. The van der Waals surface area contributed by atoms with Gasteiger partial charge in [-0.25, -0.2) is 0 Å². The SMILES string of the molecule is CCP(=O)(C(=O)c1ccc(OC)cc1OC)C(=O)c1c(OC)cccc1OC. The minimum Gasteiger partial charge on any atom is -0.497 e. The van der Waals surface area contributed by atoms with E-state index in [4.69, 9.17) is 18.9 Å². The molecule has 0 amide bonds. The summed E-state index contributed by atoms with van der Waals surface area (Å²) in [7, 11) is 1.60. The summed E-state index contributed by atoms with van der Waals surface area (Å²) in [5, 5.41) is 0. The average molecular weight is 406 g/mol. The van der Waals surface area contributed by atoms with Crippen molar-refractivity contribution in [1.82, 2.24) is 0 Å². The third-order valence-corrected chi connectivity index (χ3v) is 7.05. The second kappa shape index (κ2) is 8.93. The van der Waals surface area contributed by atoms with E-state index in [0.29, 0.717) is 5.75 Å². The van der Waals surface area contributed by atoms with Crippen LogP contribution in [-0.4, -0.2) is 45.6 Å². The molecule has 7 nitrogen and oxygen atoms in total. The smallest absolute Gasteiger partial charge is 0.236 e. The molecule has 0 saturated carbocycles. The summed E-state index contributed by atoms with van der Waals surface area (Å²) >= 11 is 0. The standard InChI is InChI=1S/C20H23O7P/c1-6-28(23,19(21)14-11-10-13(24-2)12-17(14)27-5)20(22)18-15(25-3)8-7-9-16(18)26-4/h7-12H,6H2,1-5H3. The maximum absolute atomic E-state index is 13.6. The molecule has 0 aliphatic rings. The fourth-order valence-corrected chi connectivity index (χ4v) is 4.71. The first-order chi connectivity index (χ1) is 13.4. The Morgan fingerprint density at radius 1 is 0.821 bits per heavy atom.